The zero-order valence-electron chi connectivity index (χ0n) is 12.8. The number of aliphatic hydroxyl groups is 1. The summed E-state index contributed by atoms with van der Waals surface area (Å²) in [6, 6.07) is 3.27. The van der Waals surface area contributed by atoms with Crippen LogP contribution in [0, 0.1) is 0 Å². The van der Waals surface area contributed by atoms with Crippen molar-refractivity contribution >= 4 is 29.7 Å². The smallest absolute Gasteiger partial charge is 0.239 e. The number of carbonyl (C=O) groups is 1. The molecule has 22 heavy (non-hydrogen) atoms. The molecule has 3 atom stereocenters. The van der Waals surface area contributed by atoms with Gasteiger partial charge in [-0.3, -0.25) is 4.79 Å². The van der Waals surface area contributed by atoms with Crippen LogP contribution in [-0.2, 0) is 9.53 Å². The number of hydrogen-bond acceptors (Lipinski definition) is 5. The second-order valence-electron chi connectivity index (χ2n) is 5.42. The first-order valence-corrected chi connectivity index (χ1v) is 8.36. The van der Waals surface area contributed by atoms with Gasteiger partial charge in [0.2, 0.25) is 5.91 Å². The molecular formula is C15H25ClN2O3S. The average molecular weight is 349 g/mol. The number of amides is 1. The summed E-state index contributed by atoms with van der Waals surface area (Å²) < 4.78 is 5.48. The molecule has 0 aromatic carbocycles. The minimum atomic E-state index is -0.561. The molecule has 1 aliphatic heterocycles. The molecule has 7 heteroatoms. The maximum Gasteiger partial charge on any atom is 0.239 e. The second kappa shape index (κ2) is 9.47. The van der Waals surface area contributed by atoms with Crippen molar-refractivity contribution in [3.63, 3.8) is 0 Å². The number of rotatable bonds is 6. The summed E-state index contributed by atoms with van der Waals surface area (Å²) >= 11 is 1.52. The summed E-state index contributed by atoms with van der Waals surface area (Å²) in [5, 5.41) is 12.2. The Morgan fingerprint density at radius 2 is 2.41 bits per heavy atom. The SMILES string of the molecule is CCCC(N)C(=O)N1CCOCC1CC(O)c1cccs1.Cl. The van der Waals surface area contributed by atoms with Crippen molar-refractivity contribution in [2.75, 3.05) is 19.8 Å². The minimum absolute atomic E-state index is 0. The molecule has 2 rings (SSSR count). The highest BCUT2D eigenvalue weighted by Gasteiger charge is 2.31. The molecule has 1 amide bonds. The van der Waals surface area contributed by atoms with Crippen molar-refractivity contribution in [1.29, 1.82) is 0 Å². The van der Waals surface area contributed by atoms with Crippen LogP contribution in [0.25, 0.3) is 0 Å². The molecule has 0 radical (unpaired) electrons. The fourth-order valence-electron chi connectivity index (χ4n) is 2.64. The number of thiophene rings is 1. The van der Waals surface area contributed by atoms with Gasteiger partial charge in [0.1, 0.15) is 0 Å². The van der Waals surface area contributed by atoms with Crippen molar-refractivity contribution in [1.82, 2.24) is 4.90 Å². The molecule has 3 unspecified atom stereocenters. The quantitative estimate of drug-likeness (QED) is 0.823. The molecule has 3 N–H and O–H groups in total. The van der Waals surface area contributed by atoms with E-state index in [1.807, 2.05) is 24.4 Å². The fourth-order valence-corrected chi connectivity index (χ4v) is 3.37. The van der Waals surface area contributed by atoms with Gasteiger partial charge >= 0.3 is 0 Å². The summed E-state index contributed by atoms with van der Waals surface area (Å²) in [5.74, 6) is -0.0245. The molecule has 0 aliphatic carbocycles. The Morgan fingerprint density at radius 1 is 1.64 bits per heavy atom. The van der Waals surface area contributed by atoms with Gasteiger partial charge in [0.15, 0.2) is 0 Å². The Hall–Kier alpha value is -0.660. The molecule has 0 bridgehead atoms. The predicted molar refractivity (Wildman–Crippen MR) is 90.3 cm³/mol. The Labute approximate surface area is 141 Å². The fraction of sp³-hybridized carbons (Fsp3) is 0.667. The Kier molecular flexibility index (Phi) is 8.35. The molecule has 126 valence electrons. The van der Waals surface area contributed by atoms with Crippen molar-refractivity contribution in [3.05, 3.63) is 22.4 Å². The molecule has 0 saturated carbocycles. The van der Waals surface area contributed by atoms with Crippen LogP contribution in [-0.4, -0.2) is 47.8 Å². The molecule has 5 nitrogen and oxygen atoms in total. The van der Waals surface area contributed by atoms with Gasteiger partial charge < -0.3 is 20.5 Å². The lowest BCUT2D eigenvalue weighted by Crippen LogP contribution is -2.54. The lowest BCUT2D eigenvalue weighted by Gasteiger charge is -2.38. The highest BCUT2D eigenvalue weighted by Crippen LogP contribution is 2.26. The zero-order chi connectivity index (χ0) is 15.2. The molecular weight excluding hydrogens is 324 g/mol. The summed E-state index contributed by atoms with van der Waals surface area (Å²) in [6.07, 6.45) is 1.51. The third-order valence-electron chi connectivity index (χ3n) is 3.79. The van der Waals surface area contributed by atoms with Gasteiger partial charge in [0.05, 0.1) is 31.4 Å². The first-order chi connectivity index (χ1) is 10.1. The monoisotopic (exact) mass is 348 g/mol. The first-order valence-electron chi connectivity index (χ1n) is 7.48. The third-order valence-corrected chi connectivity index (χ3v) is 4.77. The number of nitrogens with two attached hydrogens (primary N) is 1. The van der Waals surface area contributed by atoms with E-state index in [1.54, 1.807) is 4.90 Å². The van der Waals surface area contributed by atoms with Crippen LogP contribution in [0.5, 0.6) is 0 Å². The largest absolute Gasteiger partial charge is 0.387 e. The molecule has 0 spiro atoms. The standard InChI is InChI=1S/C15H24N2O3S.ClH/c1-2-4-12(16)15(19)17-6-7-20-10-11(17)9-13(18)14-5-3-8-21-14;/h3,5,8,11-13,18H,2,4,6-7,9-10,16H2,1H3;1H. The summed E-state index contributed by atoms with van der Waals surface area (Å²) in [7, 11) is 0. The van der Waals surface area contributed by atoms with Crippen LogP contribution in [0.15, 0.2) is 17.5 Å². The van der Waals surface area contributed by atoms with Gasteiger partial charge in [0.25, 0.3) is 0 Å². The number of ether oxygens (including phenoxy) is 1. The van der Waals surface area contributed by atoms with Gasteiger partial charge in [-0.05, 0) is 17.9 Å². The topological polar surface area (TPSA) is 75.8 Å². The Balaban J connectivity index is 0.00000242. The van der Waals surface area contributed by atoms with E-state index in [2.05, 4.69) is 0 Å². The Bertz CT molecular complexity index is 444. The first kappa shape index (κ1) is 19.4. The van der Waals surface area contributed by atoms with Crippen LogP contribution in [0.1, 0.15) is 37.2 Å². The van der Waals surface area contributed by atoms with Gasteiger partial charge in [-0.15, -0.1) is 23.7 Å². The lowest BCUT2D eigenvalue weighted by molar-refractivity contribution is -0.142. The highest BCUT2D eigenvalue weighted by molar-refractivity contribution is 7.10. The van der Waals surface area contributed by atoms with E-state index in [-0.39, 0.29) is 24.4 Å². The Morgan fingerprint density at radius 3 is 3.05 bits per heavy atom. The molecule has 1 fully saturated rings. The summed E-state index contributed by atoms with van der Waals surface area (Å²) in [6.45, 7) is 3.58. The van der Waals surface area contributed by atoms with E-state index in [1.165, 1.54) is 11.3 Å². The van der Waals surface area contributed by atoms with E-state index >= 15 is 0 Å². The third kappa shape index (κ3) is 4.93. The maximum absolute atomic E-state index is 12.4. The second-order valence-corrected chi connectivity index (χ2v) is 6.40. The summed E-state index contributed by atoms with van der Waals surface area (Å²) in [5.41, 5.74) is 5.95. The minimum Gasteiger partial charge on any atom is -0.387 e. The maximum atomic E-state index is 12.4. The van der Waals surface area contributed by atoms with Crippen molar-refractivity contribution < 1.29 is 14.6 Å². The number of nitrogens with zero attached hydrogens (tertiary/aromatic N) is 1. The van der Waals surface area contributed by atoms with Crippen molar-refractivity contribution in [2.24, 2.45) is 5.73 Å². The van der Waals surface area contributed by atoms with E-state index < -0.39 is 12.1 Å². The number of hydrogen-bond donors (Lipinski definition) is 2. The highest BCUT2D eigenvalue weighted by atomic mass is 35.5. The van der Waals surface area contributed by atoms with E-state index in [9.17, 15) is 9.90 Å². The predicted octanol–water partition coefficient (Wildman–Crippen LogP) is 1.95. The van der Waals surface area contributed by atoms with Crippen LogP contribution in [0.3, 0.4) is 0 Å². The van der Waals surface area contributed by atoms with E-state index in [0.717, 1.165) is 11.3 Å². The molecule has 2 heterocycles. The van der Waals surface area contributed by atoms with Gasteiger partial charge in [-0.25, -0.2) is 0 Å². The van der Waals surface area contributed by atoms with Crippen LogP contribution in [0.2, 0.25) is 0 Å². The van der Waals surface area contributed by atoms with Gasteiger partial charge in [-0.1, -0.05) is 19.4 Å². The van der Waals surface area contributed by atoms with Crippen molar-refractivity contribution in [2.45, 2.75) is 44.4 Å². The summed E-state index contributed by atoms with van der Waals surface area (Å²) in [4.78, 5) is 15.1. The van der Waals surface area contributed by atoms with Crippen LogP contribution < -0.4 is 5.73 Å². The number of halogens is 1. The van der Waals surface area contributed by atoms with Gasteiger partial charge in [0, 0.05) is 17.8 Å². The molecule has 1 aromatic rings. The number of aliphatic hydroxyl groups excluding tert-OH is 1. The number of carbonyl (C=O) groups excluding carboxylic acids is 1. The average Bonchev–Trinajstić information content (AvgIpc) is 3.01. The number of morpholine rings is 1. The normalized spacial score (nSPS) is 21.0. The van der Waals surface area contributed by atoms with Gasteiger partial charge in [-0.2, -0.15) is 0 Å². The van der Waals surface area contributed by atoms with E-state index in [0.29, 0.717) is 32.6 Å². The molecule has 1 aliphatic rings. The molecule has 1 aromatic heterocycles. The van der Waals surface area contributed by atoms with Crippen molar-refractivity contribution in [3.8, 4) is 0 Å². The van der Waals surface area contributed by atoms with Crippen LogP contribution in [0.4, 0.5) is 0 Å². The van der Waals surface area contributed by atoms with E-state index in [4.69, 9.17) is 10.5 Å². The lowest BCUT2D eigenvalue weighted by atomic mass is 10.0. The molecule has 1 saturated heterocycles. The van der Waals surface area contributed by atoms with Crippen LogP contribution >= 0.6 is 23.7 Å². The zero-order valence-corrected chi connectivity index (χ0v) is 14.4.